The van der Waals surface area contributed by atoms with Crippen molar-refractivity contribution in [1.82, 2.24) is 10.6 Å². The molecule has 38 heavy (non-hydrogen) atoms. The van der Waals surface area contributed by atoms with E-state index in [9.17, 15) is 32.7 Å². The monoisotopic (exact) mass is 545 g/mol. The summed E-state index contributed by atoms with van der Waals surface area (Å²) in [7, 11) is 0. The summed E-state index contributed by atoms with van der Waals surface area (Å²) in [5.41, 5.74) is -0.623. The minimum absolute atomic E-state index is 0.0165. The fourth-order valence-corrected chi connectivity index (χ4v) is 4.58. The third-order valence-corrected chi connectivity index (χ3v) is 6.44. The summed E-state index contributed by atoms with van der Waals surface area (Å²) >= 11 is 0. The first-order valence-electron chi connectivity index (χ1n) is 12.7. The molecule has 0 radical (unpaired) electrons. The number of carbonyl (C=O) groups excluding carboxylic acids is 3. The molecule has 2 aliphatic carbocycles. The van der Waals surface area contributed by atoms with Crippen LogP contribution in [0, 0.1) is 23.6 Å². The standard InChI is InChI=1S/C26H35F4N3O5/c1-25(2,3)38-24(37)33-22(21(14-4-5-14)15-6-7-15)23(36)32-19-11-16(8-9-34)17(10-18(19)27)12-20(35)31-13-26(28,29)30/h10-11,14-15,21-22,34H,4-9,12-13H2,1-3H3,(H,31,35)(H,32,36)(H,33,37). The van der Waals surface area contributed by atoms with Gasteiger partial charge in [0.15, 0.2) is 0 Å². The van der Waals surface area contributed by atoms with Gasteiger partial charge >= 0.3 is 12.3 Å². The van der Waals surface area contributed by atoms with E-state index >= 15 is 4.39 Å². The third-order valence-electron chi connectivity index (χ3n) is 6.44. The van der Waals surface area contributed by atoms with Gasteiger partial charge in [-0.05, 0) is 93.9 Å². The molecule has 212 valence electrons. The predicted molar refractivity (Wildman–Crippen MR) is 131 cm³/mol. The number of anilines is 1. The Hall–Kier alpha value is -2.89. The quantitative estimate of drug-likeness (QED) is 0.315. The van der Waals surface area contributed by atoms with E-state index in [1.54, 1.807) is 26.1 Å². The molecule has 1 unspecified atom stereocenters. The van der Waals surface area contributed by atoms with Crippen molar-refractivity contribution in [3.63, 3.8) is 0 Å². The summed E-state index contributed by atoms with van der Waals surface area (Å²) in [5, 5.41) is 16.4. The topological polar surface area (TPSA) is 117 Å². The predicted octanol–water partition coefficient (Wildman–Crippen LogP) is 3.85. The molecule has 0 aliphatic heterocycles. The second-order valence-electron chi connectivity index (χ2n) is 11.0. The lowest BCUT2D eigenvalue weighted by atomic mass is 9.88. The van der Waals surface area contributed by atoms with Crippen molar-refractivity contribution in [3.05, 3.63) is 29.1 Å². The van der Waals surface area contributed by atoms with Crippen molar-refractivity contribution in [3.8, 4) is 0 Å². The van der Waals surface area contributed by atoms with Crippen LogP contribution in [0.15, 0.2) is 12.1 Å². The molecule has 4 N–H and O–H groups in total. The molecule has 2 aliphatic rings. The molecule has 2 fully saturated rings. The molecule has 0 bridgehead atoms. The molecule has 0 spiro atoms. The second kappa shape index (κ2) is 11.9. The Kier molecular flexibility index (Phi) is 9.27. The normalized spacial score (nSPS) is 16.7. The van der Waals surface area contributed by atoms with E-state index in [2.05, 4.69) is 10.6 Å². The Morgan fingerprint density at radius 3 is 2.16 bits per heavy atom. The smallest absolute Gasteiger partial charge is 0.408 e. The van der Waals surface area contributed by atoms with Gasteiger partial charge in [-0.15, -0.1) is 0 Å². The summed E-state index contributed by atoms with van der Waals surface area (Å²) < 4.78 is 57.6. The molecule has 8 nitrogen and oxygen atoms in total. The van der Waals surface area contributed by atoms with Crippen molar-refractivity contribution in [2.24, 2.45) is 17.8 Å². The van der Waals surface area contributed by atoms with Crippen LogP contribution in [0.2, 0.25) is 0 Å². The minimum Gasteiger partial charge on any atom is -0.444 e. The molecule has 1 atom stereocenters. The Morgan fingerprint density at radius 2 is 1.66 bits per heavy atom. The van der Waals surface area contributed by atoms with E-state index in [0.717, 1.165) is 31.7 Å². The van der Waals surface area contributed by atoms with E-state index in [1.807, 2.05) is 0 Å². The second-order valence-corrected chi connectivity index (χ2v) is 11.0. The van der Waals surface area contributed by atoms with Crippen molar-refractivity contribution in [2.75, 3.05) is 18.5 Å². The first kappa shape index (κ1) is 29.7. The lowest BCUT2D eigenvalue weighted by Crippen LogP contribution is -2.51. The number of alkyl halides is 3. The van der Waals surface area contributed by atoms with Crippen LogP contribution in [0.5, 0.6) is 0 Å². The maximum atomic E-state index is 15.0. The fourth-order valence-electron chi connectivity index (χ4n) is 4.58. The van der Waals surface area contributed by atoms with Crippen LogP contribution >= 0.6 is 0 Å². The van der Waals surface area contributed by atoms with Crippen LogP contribution in [-0.4, -0.2) is 54.0 Å². The molecule has 2 saturated carbocycles. The lowest BCUT2D eigenvalue weighted by Gasteiger charge is -2.29. The van der Waals surface area contributed by atoms with Crippen LogP contribution in [0.25, 0.3) is 0 Å². The number of hydrogen-bond acceptors (Lipinski definition) is 5. The van der Waals surface area contributed by atoms with E-state index in [-0.39, 0.29) is 42.0 Å². The average molecular weight is 546 g/mol. The van der Waals surface area contributed by atoms with Gasteiger partial charge in [0.1, 0.15) is 24.0 Å². The van der Waals surface area contributed by atoms with Crippen molar-refractivity contribution >= 4 is 23.6 Å². The number of halogens is 4. The maximum Gasteiger partial charge on any atom is 0.408 e. The van der Waals surface area contributed by atoms with Gasteiger partial charge in [-0.2, -0.15) is 13.2 Å². The zero-order valence-electron chi connectivity index (χ0n) is 21.7. The number of amides is 3. The van der Waals surface area contributed by atoms with Crippen LogP contribution in [0.1, 0.15) is 57.6 Å². The highest BCUT2D eigenvalue weighted by atomic mass is 19.4. The Morgan fingerprint density at radius 1 is 1.05 bits per heavy atom. The fraction of sp³-hybridized carbons (Fsp3) is 0.654. The highest BCUT2D eigenvalue weighted by Gasteiger charge is 2.48. The van der Waals surface area contributed by atoms with E-state index < -0.39 is 54.5 Å². The van der Waals surface area contributed by atoms with Crippen LogP contribution in [0.3, 0.4) is 0 Å². The molecular weight excluding hydrogens is 510 g/mol. The number of aliphatic hydroxyl groups is 1. The summed E-state index contributed by atoms with van der Waals surface area (Å²) in [5.74, 6) is -2.08. The van der Waals surface area contributed by atoms with Gasteiger partial charge in [-0.25, -0.2) is 9.18 Å². The zero-order valence-corrected chi connectivity index (χ0v) is 21.7. The first-order valence-corrected chi connectivity index (χ1v) is 12.7. The highest BCUT2D eigenvalue weighted by molar-refractivity contribution is 5.97. The Labute approximate surface area is 218 Å². The van der Waals surface area contributed by atoms with Crippen molar-refractivity contribution in [2.45, 2.75) is 77.1 Å². The van der Waals surface area contributed by atoms with E-state index in [0.29, 0.717) is 5.56 Å². The van der Waals surface area contributed by atoms with E-state index in [4.69, 9.17) is 4.74 Å². The molecular formula is C26H35F4N3O5. The van der Waals surface area contributed by atoms with Crippen LogP contribution < -0.4 is 16.0 Å². The molecule has 0 heterocycles. The zero-order chi connectivity index (χ0) is 28.3. The van der Waals surface area contributed by atoms with Gasteiger partial charge in [0.05, 0.1) is 12.1 Å². The minimum atomic E-state index is -4.59. The maximum absolute atomic E-state index is 15.0. The molecule has 1 aromatic carbocycles. The van der Waals surface area contributed by atoms with Gasteiger partial charge in [0.2, 0.25) is 11.8 Å². The lowest BCUT2D eigenvalue weighted by molar-refractivity contribution is -0.138. The van der Waals surface area contributed by atoms with Crippen molar-refractivity contribution in [1.29, 1.82) is 0 Å². The Balaban J connectivity index is 1.80. The first-order chi connectivity index (χ1) is 17.7. The van der Waals surface area contributed by atoms with E-state index in [1.165, 1.54) is 6.07 Å². The molecule has 0 aromatic heterocycles. The molecule has 1 aromatic rings. The van der Waals surface area contributed by atoms with Gasteiger partial charge in [-0.1, -0.05) is 0 Å². The third kappa shape index (κ3) is 9.14. The number of nitrogens with one attached hydrogen (secondary N) is 3. The number of benzene rings is 1. The summed E-state index contributed by atoms with van der Waals surface area (Å²) in [6.07, 6.45) is -2.18. The van der Waals surface area contributed by atoms with Gasteiger partial charge in [-0.3, -0.25) is 9.59 Å². The molecule has 12 heteroatoms. The number of carbonyl (C=O) groups is 3. The number of aliphatic hydroxyl groups excluding tert-OH is 1. The molecule has 3 rings (SSSR count). The SMILES string of the molecule is CC(C)(C)OC(=O)NC(C(=O)Nc1cc(CCO)c(CC(=O)NCC(F)(F)F)cc1F)C(C1CC1)C1CC1. The molecule has 0 saturated heterocycles. The number of ether oxygens (including phenoxy) is 1. The number of hydrogen-bond donors (Lipinski definition) is 4. The largest absolute Gasteiger partial charge is 0.444 e. The molecule has 3 amide bonds. The summed E-state index contributed by atoms with van der Waals surface area (Å²) in [4.78, 5) is 38.0. The highest BCUT2D eigenvalue weighted by Crippen LogP contribution is 2.51. The Bertz CT molecular complexity index is 1020. The van der Waals surface area contributed by atoms with Gasteiger partial charge < -0.3 is 25.8 Å². The van der Waals surface area contributed by atoms with Crippen LogP contribution in [0.4, 0.5) is 28.0 Å². The van der Waals surface area contributed by atoms with Gasteiger partial charge in [0, 0.05) is 6.61 Å². The average Bonchev–Trinajstić information content (AvgIpc) is 3.68. The number of alkyl carbamates (subject to hydrolysis) is 1. The van der Waals surface area contributed by atoms with Crippen LogP contribution in [-0.2, 0) is 27.2 Å². The summed E-state index contributed by atoms with van der Waals surface area (Å²) in [6.45, 7) is 3.20. The number of rotatable bonds is 11. The van der Waals surface area contributed by atoms with Gasteiger partial charge in [0.25, 0.3) is 0 Å². The van der Waals surface area contributed by atoms with Crippen molar-refractivity contribution < 1.29 is 41.8 Å². The summed E-state index contributed by atoms with van der Waals surface area (Å²) in [6, 6.07) is 1.26.